The second kappa shape index (κ2) is 20.3. The number of rotatable bonds is 11. The standard InChI is InChI=1S/C53H80O25/c1-19-14-52-21(15-48(2,3)16-27(52)73-45-35(63)31(59)32(60)38(75-45)41(65)66)20-8-9-25-50(6)12-11-26(49(4,5)24(50)10-13-51(25,7)53(19,20)78-47(52)69)72-46-40(77-44-34(62)30(58)29(57)23(17-54)71-44)37(36(64)39(76-46)42(67)68)74-43-33(61)28(56)22(55)18-70-43/h8,19,21-40,43-46,54-64H,9-18H2,1-7H3,(H,65,66)(H,67,68). The number of allylic oxidation sites excluding steroid dienone is 1. The lowest BCUT2D eigenvalue weighted by Crippen LogP contribution is -2.78. The molecule has 29 atom stereocenters. The first kappa shape index (κ1) is 58.6. The van der Waals surface area contributed by atoms with Crippen LogP contribution in [0.5, 0.6) is 0 Å². The molecule has 6 aliphatic heterocycles. The predicted octanol–water partition coefficient (Wildman–Crippen LogP) is -2.22. The van der Waals surface area contributed by atoms with Gasteiger partial charge in [-0.3, -0.25) is 4.79 Å². The minimum absolute atomic E-state index is 0.0721. The summed E-state index contributed by atoms with van der Waals surface area (Å²) < 4.78 is 55.5. The van der Waals surface area contributed by atoms with Crippen molar-refractivity contribution in [1.82, 2.24) is 0 Å². The maximum absolute atomic E-state index is 15.2. The quantitative estimate of drug-likeness (QED) is 0.0592. The van der Waals surface area contributed by atoms with Gasteiger partial charge in [0.1, 0.15) is 90.4 Å². The summed E-state index contributed by atoms with van der Waals surface area (Å²) in [5.74, 6) is -4.48. The lowest BCUT2D eigenvalue weighted by Gasteiger charge is -2.75. The van der Waals surface area contributed by atoms with E-state index in [1.165, 1.54) is 0 Å². The molecule has 0 aromatic heterocycles. The highest BCUT2D eigenvalue weighted by molar-refractivity contribution is 5.84. The van der Waals surface area contributed by atoms with Crippen molar-refractivity contribution < 1.29 is 123 Å². The predicted molar refractivity (Wildman–Crippen MR) is 257 cm³/mol. The van der Waals surface area contributed by atoms with Gasteiger partial charge in [0.25, 0.3) is 0 Å². The fraction of sp³-hybridized carbons (Fsp3) is 0.906. The largest absolute Gasteiger partial charge is 0.479 e. The molecule has 0 aromatic carbocycles. The van der Waals surface area contributed by atoms with Gasteiger partial charge in [0.2, 0.25) is 0 Å². The van der Waals surface area contributed by atoms with E-state index in [1.54, 1.807) is 0 Å². The first-order valence-electron chi connectivity index (χ1n) is 27.4. The third-order valence-electron chi connectivity index (χ3n) is 20.9. The number of hydrogen-bond donors (Lipinski definition) is 13. The summed E-state index contributed by atoms with van der Waals surface area (Å²) in [6, 6.07) is 0. The van der Waals surface area contributed by atoms with Crippen molar-refractivity contribution >= 4 is 17.9 Å². The van der Waals surface area contributed by atoms with Gasteiger partial charge in [0.15, 0.2) is 37.4 Å². The van der Waals surface area contributed by atoms with Crippen LogP contribution < -0.4 is 0 Å². The number of hydrogen-bond acceptors (Lipinski definition) is 23. The Bertz CT molecular complexity index is 2320. The van der Waals surface area contributed by atoms with Gasteiger partial charge in [-0.15, -0.1) is 0 Å². The van der Waals surface area contributed by atoms with E-state index in [9.17, 15) is 76.0 Å². The average molecular weight is 1120 g/mol. The molecule has 4 saturated carbocycles. The van der Waals surface area contributed by atoms with Crippen molar-refractivity contribution in [3.63, 3.8) is 0 Å². The Balaban J connectivity index is 0.950. The molecule has 2 bridgehead atoms. The molecule has 13 N–H and O–H groups in total. The smallest absolute Gasteiger partial charge is 0.335 e. The highest BCUT2D eigenvalue weighted by Gasteiger charge is 2.79. The van der Waals surface area contributed by atoms with Crippen LogP contribution in [0.25, 0.3) is 0 Å². The lowest BCUT2D eigenvalue weighted by molar-refractivity contribution is -0.392. The maximum atomic E-state index is 15.2. The minimum Gasteiger partial charge on any atom is -0.479 e. The van der Waals surface area contributed by atoms with Crippen LogP contribution in [-0.2, 0) is 57.0 Å². The zero-order valence-electron chi connectivity index (χ0n) is 44.8. The zero-order chi connectivity index (χ0) is 56.9. The van der Waals surface area contributed by atoms with Crippen LogP contribution in [0.3, 0.4) is 0 Å². The van der Waals surface area contributed by atoms with Crippen molar-refractivity contribution in [3.8, 4) is 0 Å². The van der Waals surface area contributed by atoms with E-state index < -0.39 is 193 Å². The molecular formula is C53H80O25. The van der Waals surface area contributed by atoms with Crippen LogP contribution in [0.4, 0.5) is 0 Å². The van der Waals surface area contributed by atoms with Crippen molar-refractivity contribution in [3.05, 3.63) is 11.6 Å². The molecular weight excluding hydrogens is 1040 g/mol. The summed E-state index contributed by atoms with van der Waals surface area (Å²) in [5, 5.41) is 138. The molecule has 0 amide bonds. The Kier molecular flexibility index (Phi) is 15.3. The summed E-state index contributed by atoms with van der Waals surface area (Å²) in [5.41, 5.74) is -3.57. The molecule has 25 heteroatoms. The Morgan fingerprint density at radius 2 is 1.22 bits per heavy atom. The van der Waals surface area contributed by atoms with Gasteiger partial charge >= 0.3 is 17.9 Å². The number of aliphatic hydroxyl groups excluding tert-OH is 11. The van der Waals surface area contributed by atoms with Crippen molar-refractivity contribution in [2.45, 2.75) is 234 Å². The van der Waals surface area contributed by atoms with E-state index in [2.05, 4.69) is 40.7 Å². The molecule has 25 nitrogen and oxygen atoms in total. The highest BCUT2D eigenvalue weighted by atomic mass is 16.8. The third-order valence-corrected chi connectivity index (χ3v) is 20.9. The Hall–Kier alpha value is -2.61. The van der Waals surface area contributed by atoms with Crippen LogP contribution in [0.1, 0.15) is 99.8 Å². The van der Waals surface area contributed by atoms with Gasteiger partial charge in [-0.05, 0) is 85.0 Å². The Morgan fingerprint density at radius 1 is 0.628 bits per heavy atom. The normalized spacial score (nSPS) is 54.3. The fourth-order valence-corrected chi connectivity index (χ4v) is 17.1. The summed E-state index contributed by atoms with van der Waals surface area (Å²) in [6.45, 7) is 13.4. The molecule has 2 spiro atoms. The topological polar surface area (TPSA) is 397 Å². The fourth-order valence-electron chi connectivity index (χ4n) is 17.1. The second-order valence-electron chi connectivity index (χ2n) is 26.1. The summed E-state index contributed by atoms with van der Waals surface area (Å²) >= 11 is 0. The van der Waals surface area contributed by atoms with Crippen LogP contribution in [-0.4, -0.2) is 232 Å². The number of carbonyl (C=O) groups is 3. The zero-order valence-corrected chi connectivity index (χ0v) is 44.8. The molecule has 11 rings (SSSR count). The molecule has 5 aliphatic carbocycles. The number of aliphatic hydroxyl groups is 11. The molecule has 11 aliphatic rings. The minimum atomic E-state index is -2.12. The van der Waals surface area contributed by atoms with E-state index >= 15 is 4.79 Å². The molecule has 442 valence electrons. The Morgan fingerprint density at radius 3 is 1.87 bits per heavy atom. The first-order chi connectivity index (χ1) is 36.4. The number of carboxylic acids is 2. The van der Waals surface area contributed by atoms with Gasteiger partial charge in [-0.25, -0.2) is 9.59 Å². The van der Waals surface area contributed by atoms with Crippen LogP contribution in [0.15, 0.2) is 11.6 Å². The van der Waals surface area contributed by atoms with Gasteiger partial charge in [0.05, 0.1) is 25.4 Å². The number of carbonyl (C=O) groups excluding carboxylic acids is 1. The van der Waals surface area contributed by atoms with Crippen LogP contribution >= 0.6 is 0 Å². The van der Waals surface area contributed by atoms with Crippen molar-refractivity contribution in [2.75, 3.05) is 13.2 Å². The molecule has 6 heterocycles. The molecule has 0 aromatic rings. The van der Waals surface area contributed by atoms with E-state index in [0.29, 0.717) is 51.4 Å². The van der Waals surface area contributed by atoms with Crippen LogP contribution in [0.2, 0.25) is 0 Å². The van der Waals surface area contributed by atoms with E-state index in [4.69, 9.17) is 42.6 Å². The number of aliphatic carboxylic acids is 2. The number of carboxylic acid groups (broad SMARTS) is 2. The molecule has 0 radical (unpaired) electrons. The van der Waals surface area contributed by atoms with E-state index in [0.717, 1.165) is 5.57 Å². The maximum Gasteiger partial charge on any atom is 0.335 e. The van der Waals surface area contributed by atoms with Crippen LogP contribution in [0, 0.1) is 50.7 Å². The summed E-state index contributed by atoms with van der Waals surface area (Å²) in [4.78, 5) is 40.2. The van der Waals surface area contributed by atoms with Crippen molar-refractivity contribution in [2.24, 2.45) is 50.7 Å². The molecule has 6 saturated heterocycles. The number of esters is 1. The second-order valence-corrected chi connectivity index (χ2v) is 26.1. The first-order valence-corrected chi connectivity index (χ1v) is 27.4. The Labute approximate surface area is 450 Å². The molecule has 78 heavy (non-hydrogen) atoms. The van der Waals surface area contributed by atoms with E-state index in [-0.39, 0.29) is 23.7 Å². The highest BCUT2D eigenvalue weighted by Crippen LogP contribution is 2.77. The monoisotopic (exact) mass is 1120 g/mol. The van der Waals surface area contributed by atoms with E-state index in [1.807, 2.05) is 13.8 Å². The average Bonchev–Trinajstić information content (AvgIpc) is 1.65. The molecule has 10 fully saturated rings. The van der Waals surface area contributed by atoms with Gasteiger partial charge in [0, 0.05) is 17.3 Å². The lowest BCUT2D eigenvalue weighted by atomic mass is 9.33. The molecule has 29 unspecified atom stereocenters. The van der Waals surface area contributed by atoms with Crippen molar-refractivity contribution in [1.29, 1.82) is 0 Å². The summed E-state index contributed by atoms with van der Waals surface area (Å²) in [7, 11) is 0. The van der Waals surface area contributed by atoms with Gasteiger partial charge < -0.3 is 109 Å². The third kappa shape index (κ3) is 8.69. The summed E-state index contributed by atoms with van der Waals surface area (Å²) in [6.07, 6.45) is -30.4. The number of fused-ring (bicyclic) bond motifs is 5. The SMILES string of the molecule is CC1CC23C(=O)OC14C(=CCC1C5(C)CCC(OC6OC(C(=O)O)C(O)C(OC7OCC(O)C(O)C7O)C6OC6OC(CO)C(O)C(O)C6O)C(C)(C)C5CCC14C)C2CC(C)(C)CC3OC1OC(C(=O)O)C(O)C(O)C1O. The van der Waals surface area contributed by atoms with Gasteiger partial charge in [-0.1, -0.05) is 54.5 Å². The van der Waals surface area contributed by atoms with Gasteiger partial charge in [-0.2, -0.15) is 0 Å². The number of ether oxygens (including phenoxy) is 9.